The van der Waals surface area contributed by atoms with Gasteiger partial charge in [0.25, 0.3) is 0 Å². The number of rotatable bonds is 1. The van der Waals surface area contributed by atoms with Crippen LogP contribution in [0.15, 0.2) is 17.1 Å². The molecule has 0 saturated carbocycles. The van der Waals surface area contributed by atoms with Crippen LogP contribution in [0.25, 0.3) is 0 Å². The highest BCUT2D eigenvalue weighted by molar-refractivity contribution is 7.08. The van der Waals surface area contributed by atoms with Crippen LogP contribution in [-0.2, 0) is 0 Å². The van der Waals surface area contributed by atoms with Crippen LogP contribution in [0.4, 0.5) is 5.95 Å². The molecule has 5 heteroatoms. The topological polar surface area (TPSA) is 64.2 Å². The van der Waals surface area contributed by atoms with Gasteiger partial charge in [0.2, 0.25) is 5.95 Å². The molecule has 1 aliphatic heterocycles. The Kier molecular flexibility index (Phi) is 4.42. The van der Waals surface area contributed by atoms with E-state index in [0.29, 0.717) is 11.9 Å². The zero-order chi connectivity index (χ0) is 11.3. The van der Waals surface area contributed by atoms with Gasteiger partial charge in [0.1, 0.15) is 0 Å². The van der Waals surface area contributed by atoms with Gasteiger partial charge in [0, 0.05) is 6.54 Å². The van der Waals surface area contributed by atoms with Crippen molar-refractivity contribution in [3.63, 3.8) is 0 Å². The van der Waals surface area contributed by atoms with Crippen molar-refractivity contribution in [3.05, 3.63) is 17.2 Å². The van der Waals surface area contributed by atoms with Crippen LogP contribution < -0.4 is 5.73 Å². The van der Waals surface area contributed by atoms with E-state index < -0.39 is 0 Å². The van der Waals surface area contributed by atoms with Crippen molar-refractivity contribution < 1.29 is 0 Å². The number of hydrogen-bond acceptors (Lipinski definition) is 5. The van der Waals surface area contributed by atoms with Gasteiger partial charge in [0.05, 0.1) is 5.71 Å². The molecular weight excluding hydrogens is 208 g/mol. The van der Waals surface area contributed by atoms with E-state index in [1.165, 1.54) is 11.5 Å². The van der Waals surface area contributed by atoms with Crippen LogP contribution in [0.1, 0.15) is 25.8 Å². The molecule has 0 saturated heterocycles. The Hall–Kier alpha value is -1.23. The van der Waals surface area contributed by atoms with Gasteiger partial charge in [-0.25, -0.2) is 0 Å². The number of aliphatic imine (C=N–C) groups is 1. The zero-order valence-corrected chi connectivity index (χ0v) is 10.1. The van der Waals surface area contributed by atoms with E-state index in [-0.39, 0.29) is 0 Å². The van der Waals surface area contributed by atoms with E-state index in [4.69, 9.17) is 5.73 Å². The van der Waals surface area contributed by atoms with Crippen LogP contribution in [0.3, 0.4) is 0 Å². The van der Waals surface area contributed by atoms with Crippen LogP contribution in [-0.4, -0.2) is 21.6 Å². The lowest BCUT2D eigenvalue weighted by Crippen LogP contribution is -2.08. The van der Waals surface area contributed by atoms with Crippen molar-refractivity contribution in [2.75, 3.05) is 12.3 Å². The Morgan fingerprint density at radius 2 is 2.20 bits per heavy atom. The number of hydrogen-bond donors (Lipinski definition) is 1. The van der Waals surface area contributed by atoms with Gasteiger partial charge in [-0.15, -0.1) is 0 Å². The van der Waals surface area contributed by atoms with E-state index in [9.17, 15) is 0 Å². The highest BCUT2D eigenvalue weighted by Gasteiger charge is 2.10. The maximum Gasteiger partial charge on any atom is 0.232 e. The van der Waals surface area contributed by atoms with Crippen LogP contribution >= 0.6 is 11.5 Å². The minimum absolute atomic E-state index is 0.328. The summed E-state index contributed by atoms with van der Waals surface area (Å²) in [5.74, 6) is 0.851. The summed E-state index contributed by atoms with van der Waals surface area (Å²) in [6.07, 6.45) is 4.11. The first-order chi connectivity index (χ1) is 7.25. The fourth-order valence-electron chi connectivity index (χ4n) is 1.09. The molecule has 0 amide bonds. The molecule has 1 aromatic heterocycles. The molecule has 0 aliphatic carbocycles. The molecule has 1 aliphatic rings. The number of nitrogens with zero attached hydrogens (tertiary/aromatic N) is 3. The summed E-state index contributed by atoms with van der Waals surface area (Å²) in [5, 5.41) is 0.806. The quantitative estimate of drug-likeness (QED) is 0.795. The summed E-state index contributed by atoms with van der Waals surface area (Å²) in [7, 11) is 0. The molecule has 0 aromatic carbocycles. The molecule has 0 radical (unpaired) electrons. The third-order valence-electron chi connectivity index (χ3n) is 1.79. The summed E-state index contributed by atoms with van der Waals surface area (Å²) in [5.41, 5.74) is 6.32. The van der Waals surface area contributed by atoms with Crippen LogP contribution in [0.2, 0.25) is 0 Å². The maximum absolute atomic E-state index is 5.42. The summed E-state index contributed by atoms with van der Waals surface area (Å²) in [6.45, 7) is 6.95. The van der Waals surface area contributed by atoms with Crippen molar-refractivity contribution in [1.82, 2.24) is 9.36 Å². The molecule has 15 heavy (non-hydrogen) atoms. The third-order valence-corrected chi connectivity index (χ3v) is 2.54. The number of dihydropyridines is 1. The van der Waals surface area contributed by atoms with Gasteiger partial charge in [-0.1, -0.05) is 26.8 Å². The van der Waals surface area contributed by atoms with Gasteiger partial charge in [-0.05, 0) is 23.5 Å². The fraction of sp³-hybridized carbons (Fsp3) is 0.500. The van der Waals surface area contributed by atoms with Crippen LogP contribution in [0.5, 0.6) is 0 Å². The number of nitrogen functional groups attached to an aromatic ring is 1. The number of aromatic nitrogens is 2. The zero-order valence-electron chi connectivity index (χ0n) is 9.27. The van der Waals surface area contributed by atoms with Gasteiger partial charge in [-0.2, -0.15) is 9.36 Å². The minimum atomic E-state index is 0.328. The van der Waals surface area contributed by atoms with E-state index in [2.05, 4.69) is 27.3 Å². The molecule has 2 rings (SSSR count). The van der Waals surface area contributed by atoms with Crippen molar-refractivity contribution in [2.45, 2.75) is 20.8 Å². The summed E-state index contributed by atoms with van der Waals surface area (Å²) in [4.78, 5) is 8.44. The monoisotopic (exact) mass is 224 g/mol. The van der Waals surface area contributed by atoms with Crippen LogP contribution in [0, 0.1) is 5.92 Å². The summed E-state index contributed by atoms with van der Waals surface area (Å²) >= 11 is 1.29. The highest BCUT2D eigenvalue weighted by atomic mass is 32.1. The van der Waals surface area contributed by atoms with Crippen molar-refractivity contribution >= 4 is 23.2 Å². The SMILES string of the molecule is CC.CC1C=CC(c2nc(N)ns2)=NC1. The second-order valence-electron chi connectivity index (χ2n) is 3.02. The highest BCUT2D eigenvalue weighted by Crippen LogP contribution is 2.13. The van der Waals surface area contributed by atoms with E-state index in [1.807, 2.05) is 19.9 Å². The molecule has 1 atom stereocenters. The van der Waals surface area contributed by atoms with E-state index in [0.717, 1.165) is 17.3 Å². The normalized spacial score (nSPS) is 19.1. The lowest BCUT2D eigenvalue weighted by Gasteiger charge is -2.08. The average Bonchev–Trinajstić information content (AvgIpc) is 2.69. The smallest absolute Gasteiger partial charge is 0.232 e. The Morgan fingerprint density at radius 3 is 2.67 bits per heavy atom. The maximum atomic E-state index is 5.42. The van der Waals surface area contributed by atoms with Crippen molar-refractivity contribution in [3.8, 4) is 0 Å². The largest absolute Gasteiger partial charge is 0.367 e. The first kappa shape index (κ1) is 11.8. The minimum Gasteiger partial charge on any atom is -0.367 e. The molecule has 2 heterocycles. The molecule has 82 valence electrons. The second-order valence-corrected chi connectivity index (χ2v) is 3.77. The third kappa shape index (κ3) is 3.13. The molecule has 2 N–H and O–H groups in total. The van der Waals surface area contributed by atoms with Gasteiger partial charge in [0.15, 0.2) is 5.01 Å². The lowest BCUT2D eigenvalue weighted by atomic mass is 10.1. The average molecular weight is 224 g/mol. The molecule has 4 nitrogen and oxygen atoms in total. The van der Waals surface area contributed by atoms with Crippen molar-refractivity contribution in [1.29, 1.82) is 0 Å². The van der Waals surface area contributed by atoms with Gasteiger partial charge in [-0.3, -0.25) is 4.99 Å². The standard InChI is InChI=1S/C8H10N4S.C2H6/c1-5-2-3-6(10-4-5)7-11-8(9)12-13-7;1-2/h2-3,5H,4H2,1H3,(H2,9,12);1-2H3. The molecule has 0 spiro atoms. The Labute approximate surface area is 94.1 Å². The molecular formula is C10H16N4S. The fourth-order valence-corrected chi connectivity index (χ4v) is 1.67. The van der Waals surface area contributed by atoms with E-state index in [1.54, 1.807) is 0 Å². The molecule has 1 unspecified atom stereocenters. The number of allylic oxidation sites excluding steroid dienone is 1. The Bertz CT molecular complexity index is 367. The van der Waals surface area contributed by atoms with E-state index >= 15 is 0 Å². The Balaban J connectivity index is 0.000000531. The first-order valence-corrected chi connectivity index (χ1v) is 5.85. The second kappa shape index (κ2) is 5.60. The number of anilines is 1. The molecule has 0 bridgehead atoms. The van der Waals surface area contributed by atoms with Crippen molar-refractivity contribution in [2.24, 2.45) is 10.9 Å². The predicted molar refractivity (Wildman–Crippen MR) is 65.4 cm³/mol. The van der Waals surface area contributed by atoms with Gasteiger partial charge < -0.3 is 5.73 Å². The molecule has 0 fully saturated rings. The summed E-state index contributed by atoms with van der Waals surface area (Å²) < 4.78 is 3.90. The Morgan fingerprint density at radius 1 is 1.47 bits per heavy atom. The lowest BCUT2D eigenvalue weighted by molar-refractivity contribution is 0.734. The predicted octanol–water partition coefficient (Wildman–Crippen LogP) is 2.14. The van der Waals surface area contributed by atoms with Gasteiger partial charge >= 0.3 is 0 Å². The molecule has 1 aromatic rings. The first-order valence-electron chi connectivity index (χ1n) is 5.08. The summed E-state index contributed by atoms with van der Waals surface area (Å²) in [6, 6.07) is 0. The number of nitrogens with two attached hydrogens (primary N) is 1.